The molecule has 0 saturated carbocycles. The van der Waals surface area contributed by atoms with Crippen LogP contribution >= 0.6 is 0 Å². The summed E-state index contributed by atoms with van der Waals surface area (Å²) >= 11 is 0. The lowest BCUT2D eigenvalue weighted by atomic mass is 10.1. The van der Waals surface area contributed by atoms with E-state index in [1.165, 1.54) is 0 Å². The van der Waals surface area contributed by atoms with Crippen LogP contribution in [0.15, 0.2) is 23.9 Å². The van der Waals surface area contributed by atoms with Gasteiger partial charge in [-0.15, -0.1) is 0 Å². The smallest absolute Gasteiger partial charge is 0.203 e. The SMILES string of the molecule is COc1cc(C/C(=C/C#N)N2CCOCC2)cc(OC)c1OC. The Kier molecular flexibility index (Phi) is 6.12. The van der Waals surface area contributed by atoms with Gasteiger partial charge in [-0.3, -0.25) is 0 Å². The van der Waals surface area contributed by atoms with Crippen LogP contribution in [0.4, 0.5) is 0 Å². The van der Waals surface area contributed by atoms with Gasteiger partial charge in [0.2, 0.25) is 5.75 Å². The van der Waals surface area contributed by atoms with Gasteiger partial charge in [0, 0.05) is 31.3 Å². The second-order valence-corrected chi connectivity index (χ2v) is 5.07. The summed E-state index contributed by atoms with van der Waals surface area (Å²) in [7, 11) is 4.76. The first-order chi connectivity index (χ1) is 11.2. The van der Waals surface area contributed by atoms with E-state index in [4.69, 9.17) is 24.2 Å². The Morgan fingerprint density at radius 1 is 1.17 bits per heavy atom. The number of hydrogen-bond donors (Lipinski definition) is 0. The third kappa shape index (κ3) is 4.08. The zero-order valence-corrected chi connectivity index (χ0v) is 13.8. The summed E-state index contributed by atoms with van der Waals surface area (Å²) in [5.74, 6) is 1.79. The number of allylic oxidation sites excluding steroid dienone is 2. The highest BCUT2D eigenvalue weighted by atomic mass is 16.5. The van der Waals surface area contributed by atoms with Crippen molar-refractivity contribution < 1.29 is 18.9 Å². The number of ether oxygens (including phenoxy) is 4. The fraction of sp³-hybridized carbons (Fsp3) is 0.471. The molecule has 0 unspecified atom stereocenters. The Hall–Kier alpha value is -2.39. The second-order valence-electron chi connectivity index (χ2n) is 5.07. The van der Waals surface area contributed by atoms with E-state index in [-0.39, 0.29) is 0 Å². The molecule has 0 spiro atoms. The molecule has 1 heterocycles. The summed E-state index contributed by atoms with van der Waals surface area (Å²) in [6.45, 7) is 2.94. The number of nitrogens with zero attached hydrogens (tertiary/aromatic N) is 2. The molecule has 0 N–H and O–H groups in total. The summed E-state index contributed by atoms with van der Waals surface area (Å²) in [6.07, 6.45) is 2.21. The lowest BCUT2D eigenvalue weighted by Crippen LogP contribution is -2.36. The van der Waals surface area contributed by atoms with Crippen molar-refractivity contribution in [3.05, 3.63) is 29.5 Å². The molecule has 6 nitrogen and oxygen atoms in total. The van der Waals surface area contributed by atoms with Gasteiger partial charge in [-0.2, -0.15) is 5.26 Å². The predicted molar refractivity (Wildman–Crippen MR) is 85.9 cm³/mol. The van der Waals surface area contributed by atoms with E-state index < -0.39 is 0 Å². The number of hydrogen-bond acceptors (Lipinski definition) is 6. The van der Waals surface area contributed by atoms with Crippen molar-refractivity contribution in [3.8, 4) is 23.3 Å². The fourth-order valence-electron chi connectivity index (χ4n) is 2.63. The van der Waals surface area contributed by atoms with Gasteiger partial charge in [-0.05, 0) is 17.7 Å². The Bertz CT molecular complexity index is 576. The molecule has 0 radical (unpaired) electrons. The van der Waals surface area contributed by atoms with E-state index in [1.807, 2.05) is 12.1 Å². The number of methoxy groups -OCH3 is 3. The highest BCUT2D eigenvalue weighted by molar-refractivity contribution is 5.54. The first-order valence-corrected chi connectivity index (χ1v) is 7.43. The highest BCUT2D eigenvalue weighted by Crippen LogP contribution is 2.38. The maximum atomic E-state index is 9.08. The Labute approximate surface area is 136 Å². The van der Waals surface area contributed by atoms with Gasteiger partial charge in [0.05, 0.1) is 40.6 Å². The van der Waals surface area contributed by atoms with Crippen molar-refractivity contribution in [2.24, 2.45) is 0 Å². The molecule has 0 amide bonds. The van der Waals surface area contributed by atoms with E-state index in [9.17, 15) is 0 Å². The lowest BCUT2D eigenvalue weighted by Gasteiger charge is -2.31. The van der Waals surface area contributed by atoms with Crippen LogP contribution in [0.2, 0.25) is 0 Å². The van der Waals surface area contributed by atoms with Crippen LogP contribution in [-0.2, 0) is 11.2 Å². The lowest BCUT2D eigenvalue weighted by molar-refractivity contribution is 0.0526. The van der Waals surface area contributed by atoms with Crippen LogP contribution in [0.1, 0.15) is 5.56 Å². The fourth-order valence-corrected chi connectivity index (χ4v) is 2.63. The molecule has 1 aromatic rings. The van der Waals surface area contributed by atoms with Gasteiger partial charge in [0.1, 0.15) is 0 Å². The van der Waals surface area contributed by atoms with Gasteiger partial charge >= 0.3 is 0 Å². The number of morpholine rings is 1. The zero-order chi connectivity index (χ0) is 16.7. The van der Waals surface area contributed by atoms with Gasteiger partial charge in [-0.25, -0.2) is 0 Å². The van der Waals surface area contributed by atoms with Crippen molar-refractivity contribution in [2.45, 2.75) is 6.42 Å². The minimum absolute atomic E-state index is 0.566. The normalized spacial score (nSPS) is 15.0. The first-order valence-electron chi connectivity index (χ1n) is 7.43. The molecule has 124 valence electrons. The molecule has 0 aliphatic carbocycles. The average Bonchev–Trinajstić information content (AvgIpc) is 2.61. The van der Waals surface area contributed by atoms with E-state index in [2.05, 4.69) is 11.0 Å². The monoisotopic (exact) mass is 318 g/mol. The maximum absolute atomic E-state index is 9.08. The molecule has 6 heteroatoms. The van der Waals surface area contributed by atoms with Crippen LogP contribution in [0.3, 0.4) is 0 Å². The molecule has 1 fully saturated rings. The summed E-state index contributed by atoms with van der Waals surface area (Å²) in [5, 5.41) is 9.08. The van der Waals surface area contributed by atoms with E-state index in [0.29, 0.717) is 36.9 Å². The Morgan fingerprint density at radius 2 is 1.78 bits per heavy atom. The average molecular weight is 318 g/mol. The van der Waals surface area contributed by atoms with Gasteiger partial charge in [0.15, 0.2) is 11.5 Å². The minimum Gasteiger partial charge on any atom is -0.493 e. The first kappa shape index (κ1) is 17.0. The number of rotatable bonds is 6. The van der Waals surface area contributed by atoms with Gasteiger partial charge < -0.3 is 23.8 Å². The predicted octanol–water partition coefficient (Wildman–Crippen LogP) is 1.99. The molecular weight excluding hydrogens is 296 g/mol. The topological polar surface area (TPSA) is 64.0 Å². The molecule has 0 atom stereocenters. The third-order valence-corrected chi connectivity index (χ3v) is 3.76. The van der Waals surface area contributed by atoms with E-state index >= 15 is 0 Å². The van der Waals surface area contributed by atoms with E-state index in [0.717, 1.165) is 24.4 Å². The van der Waals surface area contributed by atoms with E-state index in [1.54, 1.807) is 27.4 Å². The van der Waals surface area contributed by atoms with Crippen molar-refractivity contribution in [3.63, 3.8) is 0 Å². The molecule has 1 saturated heterocycles. The van der Waals surface area contributed by atoms with Crippen LogP contribution < -0.4 is 14.2 Å². The van der Waals surface area contributed by atoms with Crippen molar-refractivity contribution >= 4 is 0 Å². The van der Waals surface area contributed by atoms with Crippen LogP contribution in [0, 0.1) is 11.3 Å². The molecule has 1 aliphatic heterocycles. The quantitative estimate of drug-likeness (QED) is 0.748. The van der Waals surface area contributed by atoms with Crippen LogP contribution in [0.5, 0.6) is 17.2 Å². The van der Waals surface area contributed by atoms with Gasteiger partial charge in [-0.1, -0.05) is 0 Å². The molecule has 1 aliphatic rings. The number of benzene rings is 1. The Morgan fingerprint density at radius 3 is 2.26 bits per heavy atom. The Balaban J connectivity index is 2.29. The molecular formula is C17H22N2O4. The summed E-state index contributed by atoms with van der Waals surface area (Å²) in [5.41, 5.74) is 1.96. The highest BCUT2D eigenvalue weighted by Gasteiger charge is 2.17. The summed E-state index contributed by atoms with van der Waals surface area (Å²) in [4.78, 5) is 2.18. The second kappa shape index (κ2) is 8.30. The standard InChI is InChI=1S/C17H22N2O4/c1-20-15-11-13(12-16(21-2)17(15)22-3)10-14(4-5-18)19-6-8-23-9-7-19/h4,11-12H,6-10H2,1-3H3/b14-4-. The third-order valence-electron chi connectivity index (χ3n) is 3.76. The largest absolute Gasteiger partial charge is 0.493 e. The summed E-state index contributed by atoms with van der Waals surface area (Å²) in [6, 6.07) is 5.95. The molecule has 0 aromatic heterocycles. The molecule has 1 aromatic carbocycles. The molecule has 2 rings (SSSR count). The molecule has 0 bridgehead atoms. The minimum atomic E-state index is 0.566. The van der Waals surface area contributed by atoms with Crippen molar-refractivity contribution in [1.82, 2.24) is 4.90 Å². The van der Waals surface area contributed by atoms with Crippen LogP contribution in [0.25, 0.3) is 0 Å². The van der Waals surface area contributed by atoms with Crippen LogP contribution in [-0.4, -0.2) is 52.5 Å². The van der Waals surface area contributed by atoms with Gasteiger partial charge in [0.25, 0.3) is 0 Å². The maximum Gasteiger partial charge on any atom is 0.203 e. The zero-order valence-electron chi connectivity index (χ0n) is 13.8. The molecule has 23 heavy (non-hydrogen) atoms. The number of nitriles is 1. The summed E-state index contributed by atoms with van der Waals surface area (Å²) < 4.78 is 21.5. The van der Waals surface area contributed by atoms with Crippen molar-refractivity contribution in [1.29, 1.82) is 5.26 Å². The van der Waals surface area contributed by atoms with Crippen molar-refractivity contribution in [2.75, 3.05) is 47.6 Å².